The molecule has 0 aliphatic carbocycles. The lowest BCUT2D eigenvalue weighted by Gasteiger charge is -2.41. The number of likely N-dealkylation sites (tertiary alicyclic amines) is 1. The van der Waals surface area contributed by atoms with Gasteiger partial charge in [-0.25, -0.2) is 4.68 Å². The van der Waals surface area contributed by atoms with Gasteiger partial charge in [0.15, 0.2) is 0 Å². The van der Waals surface area contributed by atoms with Crippen molar-refractivity contribution in [2.24, 2.45) is 0 Å². The summed E-state index contributed by atoms with van der Waals surface area (Å²) in [7, 11) is 0. The summed E-state index contributed by atoms with van der Waals surface area (Å²) < 4.78 is 7.11. The van der Waals surface area contributed by atoms with Gasteiger partial charge in [0.1, 0.15) is 6.33 Å². The van der Waals surface area contributed by atoms with Crippen LogP contribution in [0.3, 0.4) is 0 Å². The lowest BCUT2D eigenvalue weighted by atomic mass is 10.0. The minimum absolute atomic E-state index is 0.507. The van der Waals surface area contributed by atoms with E-state index >= 15 is 0 Å². The minimum Gasteiger partial charge on any atom is -0.382 e. The molecule has 0 unspecified atom stereocenters. The number of benzene rings is 2. The van der Waals surface area contributed by atoms with Crippen molar-refractivity contribution in [3.05, 3.63) is 60.4 Å². The number of para-hydroxylation sites is 1. The van der Waals surface area contributed by atoms with Crippen molar-refractivity contribution in [1.29, 1.82) is 0 Å². The van der Waals surface area contributed by atoms with Crippen molar-refractivity contribution in [2.45, 2.75) is 31.8 Å². The van der Waals surface area contributed by atoms with Gasteiger partial charge in [-0.15, -0.1) is 5.10 Å². The lowest BCUT2D eigenvalue weighted by Crippen LogP contribution is -2.53. The zero-order chi connectivity index (χ0) is 20.3. The third-order valence-electron chi connectivity index (χ3n) is 5.88. The van der Waals surface area contributed by atoms with Crippen molar-refractivity contribution in [1.82, 2.24) is 19.7 Å². The van der Waals surface area contributed by atoms with E-state index in [2.05, 4.69) is 50.7 Å². The maximum Gasteiger partial charge on any atom is 0.246 e. The van der Waals surface area contributed by atoms with Crippen molar-refractivity contribution in [3.8, 4) is 5.69 Å². The number of rotatable bonds is 6. The number of aromatic nitrogens is 3. The summed E-state index contributed by atoms with van der Waals surface area (Å²) in [6, 6.07) is 17.6. The highest BCUT2D eigenvalue weighted by Gasteiger charge is 2.29. The maximum atomic E-state index is 5.34. The highest BCUT2D eigenvalue weighted by atomic mass is 16.5. The molecule has 0 atom stereocenters. The molecule has 156 valence electrons. The molecule has 1 aromatic heterocycles. The summed E-state index contributed by atoms with van der Waals surface area (Å²) in [6.45, 7) is 6.20. The number of hydrogen-bond acceptors (Lipinski definition) is 6. The number of nitrogens with one attached hydrogen (secondary N) is 2. The Hall–Kier alpha value is -2.90. The van der Waals surface area contributed by atoms with Gasteiger partial charge in [-0.1, -0.05) is 18.2 Å². The van der Waals surface area contributed by atoms with Gasteiger partial charge in [0, 0.05) is 30.5 Å². The van der Waals surface area contributed by atoms with E-state index in [-0.39, 0.29) is 0 Å². The summed E-state index contributed by atoms with van der Waals surface area (Å²) in [5, 5.41) is 11.6. The molecule has 3 aromatic rings. The SMILES string of the molecule is Cc1cc(Nc2ncn(-c3ccccc3)n2)cc(NC2CCN(C3COC3)CC2)c1. The molecular weight excluding hydrogens is 376 g/mol. The predicted molar refractivity (Wildman–Crippen MR) is 119 cm³/mol. The molecule has 0 bridgehead atoms. The fourth-order valence-electron chi connectivity index (χ4n) is 4.17. The van der Waals surface area contributed by atoms with Gasteiger partial charge in [-0.3, -0.25) is 4.90 Å². The Bertz CT molecular complexity index is 976. The topological polar surface area (TPSA) is 67.2 Å². The number of ether oxygens (including phenoxy) is 1. The van der Waals surface area contributed by atoms with Crippen LogP contribution in [0.15, 0.2) is 54.9 Å². The van der Waals surface area contributed by atoms with Gasteiger partial charge in [0.2, 0.25) is 5.95 Å². The molecule has 0 spiro atoms. The molecule has 0 amide bonds. The van der Waals surface area contributed by atoms with Crippen molar-refractivity contribution in [3.63, 3.8) is 0 Å². The molecule has 30 heavy (non-hydrogen) atoms. The zero-order valence-electron chi connectivity index (χ0n) is 17.3. The Kier molecular flexibility index (Phi) is 5.38. The standard InChI is InChI=1S/C23H28N6O/c1-17-11-19(25-18-7-9-28(10-8-18)22-14-30-15-22)13-20(12-17)26-23-24-16-29(27-23)21-5-3-2-4-6-21/h2-6,11-13,16,18,22,25H,7-10,14-15H2,1H3,(H,26,27). The van der Waals surface area contributed by atoms with E-state index in [9.17, 15) is 0 Å². The highest BCUT2D eigenvalue weighted by Crippen LogP contribution is 2.25. The molecule has 5 rings (SSSR count). The molecule has 2 N–H and O–H groups in total. The van der Waals surface area contributed by atoms with Gasteiger partial charge in [0.05, 0.1) is 24.9 Å². The molecular formula is C23H28N6O. The average Bonchev–Trinajstić information content (AvgIpc) is 3.17. The largest absolute Gasteiger partial charge is 0.382 e. The molecule has 0 saturated carbocycles. The highest BCUT2D eigenvalue weighted by molar-refractivity contribution is 5.63. The number of nitrogens with zero attached hydrogens (tertiary/aromatic N) is 4. The van der Waals surface area contributed by atoms with Crippen molar-refractivity contribution >= 4 is 17.3 Å². The summed E-state index contributed by atoms with van der Waals surface area (Å²) >= 11 is 0. The molecule has 3 heterocycles. The first-order chi connectivity index (χ1) is 14.7. The summed E-state index contributed by atoms with van der Waals surface area (Å²) in [4.78, 5) is 6.97. The van der Waals surface area contributed by atoms with Gasteiger partial charge in [-0.2, -0.15) is 4.98 Å². The molecule has 2 fully saturated rings. The second-order valence-corrected chi connectivity index (χ2v) is 8.21. The third-order valence-corrected chi connectivity index (χ3v) is 5.88. The van der Waals surface area contributed by atoms with E-state index in [1.54, 1.807) is 11.0 Å². The fourth-order valence-corrected chi connectivity index (χ4v) is 4.17. The number of anilines is 3. The summed E-state index contributed by atoms with van der Waals surface area (Å²) in [5.74, 6) is 0.589. The zero-order valence-corrected chi connectivity index (χ0v) is 17.3. The number of aryl methyl sites for hydroxylation is 1. The first-order valence-corrected chi connectivity index (χ1v) is 10.7. The maximum absolute atomic E-state index is 5.34. The van der Waals surface area contributed by atoms with Crippen molar-refractivity contribution < 1.29 is 4.74 Å². The quantitative estimate of drug-likeness (QED) is 0.654. The smallest absolute Gasteiger partial charge is 0.246 e. The Balaban J connectivity index is 1.22. The van der Waals surface area contributed by atoms with E-state index < -0.39 is 0 Å². The van der Waals surface area contributed by atoms with Crippen LogP contribution in [0.1, 0.15) is 18.4 Å². The van der Waals surface area contributed by atoms with Crippen LogP contribution >= 0.6 is 0 Å². The fraction of sp³-hybridized carbons (Fsp3) is 0.391. The summed E-state index contributed by atoms with van der Waals surface area (Å²) in [5.41, 5.74) is 4.33. The second kappa shape index (κ2) is 8.45. The normalized spacial score (nSPS) is 18.2. The van der Waals surface area contributed by atoms with Crippen LogP contribution in [0, 0.1) is 6.92 Å². The first-order valence-electron chi connectivity index (χ1n) is 10.7. The van der Waals surface area contributed by atoms with Crippen LogP contribution in [0.2, 0.25) is 0 Å². The Morgan fingerprint density at radius 2 is 1.77 bits per heavy atom. The van der Waals surface area contributed by atoms with Gasteiger partial charge in [-0.05, 0) is 55.7 Å². The first kappa shape index (κ1) is 19.1. The van der Waals surface area contributed by atoms with E-state index in [0.717, 1.165) is 56.2 Å². The van der Waals surface area contributed by atoms with E-state index in [1.807, 2.05) is 30.3 Å². The molecule has 2 aromatic carbocycles. The van der Waals surface area contributed by atoms with E-state index in [0.29, 0.717) is 18.0 Å². The lowest BCUT2D eigenvalue weighted by molar-refractivity contribution is -0.0705. The van der Waals surface area contributed by atoms with Gasteiger partial charge < -0.3 is 15.4 Å². The third kappa shape index (κ3) is 4.32. The number of piperidine rings is 1. The molecule has 2 aliphatic heterocycles. The monoisotopic (exact) mass is 404 g/mol. The Morgan fingerprint density at radius 3 is 2.50 bits per heavy atom. The second-order valence-electron chi connectivity index (χ2n) is 8.21. The molecule has 0 radical (unpaired) electrons. The Morgan fingerprint density at radius 1 is 1.00 bits per heavy atom. The van der Waals surface area contributed by atoms with Crippen LogP contribution in [0.25, 0.3) is 5.69 Å². The van der Waals surface area contributed by atoms with Crippen LogP contribution in [0.5, 0.6) is 0 Å². The molecule has 2 saturated heterocycles. The molecule has 7 nitrogen and oxygen atoms in total. The summed E-state index contributed by atoms with van der Waals surface area (Å²) in [6.07, 6.45) is 4.06. The van der Waals surface area contributed by atoms with Crippen LogP contribution in [-0.2, 0) is 4.74 Å². The van der Waals surface area contributed by atoms with Crippen molar-refractivity contribution in [2.75, 3.05) is 36.9 Å². The number of hydrogen-bond donors (Lipinski definition) is 2. The molecule has 2 aliphatic rings. The van der Waals surface area contributed by atoms with E-state index in [4.69, 9.17) is 4.74 Å². The average molecular weight is 405 g/mol. The minimum atomic E-state index is 0.507. The van der Waals surface area contributed by atoms with Crippen LogP contribution in [-0.4, -0.2) is 58.1 Å². The predicted octanol–water partition coefficient (Wildman–Crippen LogP) is 3.59. The molecule has 7 heteroatoms. The Labute approximate surface area is 177 Å². The van der Waals surface area contributed by atoms with Gasteiger partial charge >= 0.3 is 0 Å². The van der Waals surface area contributed by atoms with E-state index in [1.165, 1.54) is 5.56 Å². The van der Waals surface area contributed by atoms with Gasteiger partial charge in [0.25, 0.3) is 0 Å². The van der Waals surface area contributed by atoms with Crippen LogP contribution < -0.4 is 10.6 Å². The van der Waals surface area contributed by atoms with Crippen LogP contribution in [0.4, 0.5) is 17.3 Å².